The van der Waals surface area contributed by atoms with Gasteiger partial charge in [0, 0.05) is 24.4 Å². The third-order valence-corrected chi connectivity index (χ3v) is 3.80. The summed E-state index contributed by atoms with van der Waals surface area (Å²) in [6, 6.07) is 4.90. The molecule has 0 aromatic heterocycles. The van der Waals surface area contributed by atoms with Crippen molar-refractivity contribution in [1.82, 2.24) is 0 Å². The van der Waals surface area contributed by atoms with Crippen LogP contribution >= 0.6 is 0 Å². The average molecular weight is 278 g/mol. The molecule has 0 radical (unpaired) electrons. The van der Waals surface area contributed by atoms with Gasteiger partial charge in [0.05, 0.1) is 11.0 Å². The highest BCUT2D eigenvalue weighted by Crippen LogP contribution is 2.31. The predicted molar refractivity (Wildman–Crippen MR) is 79.3 cm³/mol. The number of hydrogen-bond acceptors (Lipinski definition) is 4. The number of anilines is 1. The molecule has 5 heteroatoms. The van der Waals surface area contributed by atoms with Crippen LogP contribution in [-0.2, 0) is 0 Å². The Kier molecular flexibility index (Phi) is 4.82. The van der Waals surface area contributed by atoms with Gasteiger partial charge in [0.15, 0.2) is 0 Å². The zero-order chi connectivity index (χ0) is 14.5. The highest BCUT2D eigenvalue weighted by atomic mass is 16.6. The summed E-state index contributed by atoms with van der Waals surface area (Å²) < 4.78 is 6.00. The van der Waals surface area contributed by atoms with Crippen molar-refractivity contribution >= 4 is 11.4 Å². The van der Waals surface area contributed by atoms with Crippen LogP contribution in [0.25, 0.3) is 0 Å². The van der Waals surface area contributed by atoms with E-state index in [9.17, 15) is 10.1 Å². The lowest BCUT2D eigenvalue weighted by Gasteiger charge is -2.29. The number of rotatable bonds is 5. The first-order chi connectivity index (χ1) is 9.60. The van der Waals surface area contributed by atoms with Crippen LogP contribution < -0.4 is 10.1 Å². The lowest BCUT2D eigenvalue weighted by atomic mass is 9.88. The normalized spacial score (nSPS) is 22.3. The predicted octanol–water partition coefficient (Wildman–Crippen LogP) is 3.98. The van der Waals surface area contributed by atoms with Gasteiger partial charge in [-0.3, -0.25) is 10.1 Å². The van der Waals surface area contributed by atoms with Crippen LogP contribution in [0.5, 0.6) is 5.75 Å². The van der Waals surface area contributed by atoms with Crippen LogP contribution in [0.4, 0.5) is 11.4 Å². The van der Waals surface area contributed by atoms with Crippen molar-refractivity contribution in [2.24, 2.45) is 5.92 Å². The zero-order valence-electron chi connectivity index (χ0n) is 12.1. The highest BCUT2D eigenvalue weighted by molar-refractivity contribution is 5.56. The topological polar surface area (TPSA) is 64.4 Å². The SMILES string of the molecule is CCNc1cc(OC2CCCCC2C)cc([N+](=O)[O-])c1. The summed E-state index contributed by atoms with van der Waals surface area (Å²) in [6.07, 6.45) is 4.78. The standard InChI is InChI=1S/C15H22N2O3/c1-3-16-12-8-13(17(18)19)10-14(9-12)20-15-7-5-4-6-11(15)2/h8-11,15-16H,3-7H2,1-2H3. The van der Waals surface area contributed by atoms with E-state index in [1.165, 1.54) is 25.3 Å². The van der Waals surface area contributed by atoms with Crippen LogP contribution in [0.2, 0.25) is 0 Å². The number of nitrogens with one attached hydrogen (secondary N) is 1. The second kappa shape index (κ2) is 6.59. The quantitative estimate of drug-likeness (QED) is 0.653. The van der Waals surface area contributed by atoms with E-state index in [0.717, 1.165) is 18.7 Å². The van der Waals surface area contributed by atoms with Crippen LogP contribution in [-0.4, -0.2) is 17.6 Å². The number of nitro groups is 1. The minimum atomic E-state index is -0.377. The number of benzene rings is 1. The molecule has 0 spiro atoms. The second-order valence-electron chi connectivity index (χ2n) is 5.42. The first kappa shape index (κ1) is 14.6. The molecule has 110 valence electrons. The molecular formula is C15H22N2O3. The maximum absolute atomic E-state index is 11.0. The van der Waals surface area contributed by atoms with Gasteiger partial charge in [-0.2, -0.15) is 0 Å². The molecule has 0 saturated heterocycles. The molecule has 0 aliphatic heterocycles. The molecule has 1 fully saturated rings. The molecule has 1 aromatic carbocycles. The lowest BCUT2D eigenvalue weighted by Crippen LogP contribution is -2.28. The summed E-state index contributed by atoms with van der Waals surface area (Å²) in [5.74, 6) is 1.10. The van der Waals surface area contributed by atoms with E-state index in [4.69, 9.17) is 4.74 Å². The van der Waals surface area contributed by atoms with E-state index < -0.39 is 0 Å². The molecule has 2 unspecified atom stereocenters. The van der Waals surface area contributed by atoms with Gasteiger partial charge in [0.2, 0.25) is 0 Å². The third-order valence-electron chi connectivity index (χ3n) is 3.80. The summed E-state index contributed by atoms with van der Waals surface area (Å²) in [4.78, 5) is 10.6. The Morgan fingerprint density at radius 1 is 1.35 bits per heavy atom. The molecule has 1 saturated carbocycles. The monoisotopic (exact) mass is 278 g/mol. The number of nitro benzene ring substituents is 1. The van der Waals surface area contributed by atoms with Crippen molar-refractivity contribution in [2.75, 3.05) is 11.9 Å². The number of nitrogens with zero attached hydrogens (tertiary/aromatic N) is 1. The third kappa shape index (κ3) is 3.62. The molecule has 2 rings (SSSR count). The summed E-state index contributed by atoms with van der Waals surface area (Å²) >= 11 is 0. The summed E-state index contributed by atoms with van der Waals surface area (Å²) in [7, 11) is 0. The molecule has 5 nitrogen and oxygen atoms in total. The Hall–Kier alpha value is -1.78. The fourth-order valence-electron chi connectivity index (χ4n) is 2.70. The fourth-order valence-corrected chi connectivity index (χ4v) is 2.70. The van der Waals surface area contributed by atoms with Gasteiger partial charge in [-0.05, 0) is 32.1 Å². The van der Waals surface area contributed by atoms with Gasteiger partial charge in [-0.1, -0.05) is 13.3 Å². The maximum Gasteiger partial charge on any atom is 0.275 e. The van der Waals surface area contributed by atoms with Crippen molar-refractivity contribution in [3.8, 4) is 5.75 Å². The minimum Gasteiger partial charge on any atom is -0.490 e. The van der Waals surface area contributed by atoms with Crippen LogP contribution in [0.15, 0.2) is 18.2 Å². The number of non-ortho nitro benzene ring substituents is 1. The first-order valence-electron chi connectivity index (χ1n) is 7.30. The molecule has 1 aliphatic rings. The highest BCUT2D eigenvalue weighted by Gasteiger charge is 2.23. The van der Waals surface area contributed by atoms with E-state index in [1.54, 1.807) is 6.07 Å². The Balaban J connectivity index is 2.18. The second-order valence-corrected chi connectivity index (χ2v) is 5.42. The summed E-state index contributed by atoms with van der Waals surface area (Å²) in [5, 5.41) is 14.1. The molecular weight excluding hydrogens is 256 g/mol. The number of ether oxygens (including phenoxy) is 1. The van der Waals surface area contributed by atoms with Gasteiger partial charge in [0.1, 0.15) is 11.9 Å². The summed E-state index contributed by atoms with van der Waals surface area (Å²) in [5.41, 5.74) is 0.807. The van der Waals surface area contributed by atoms with Gasteiger partial charge in [0.25, 0.3) is 5.69 Å². The Labute approximate surface area is 119 Å². The van der Waals surface area contributed by atoms with E-state index in [2.05, 4.69) is 12.2 Å². The smallest absolute Gasteiger partial charge is 0.275 e. The zero-order valence-corrected chi connectivity index (χ0v) is 12.1. The first-order valence-corrected chi connectivity index (χ1v) is 7.30. The largest absolute Gasteiger partial charge is 0.490 e. The van der Waals surface area contributed by atoms with Crippen molar-refractivity contribution in [1.29, 1.82) is 0 Å². The van der Waals surface area contributed by atoms with Crippen molar-refractivity contribution in [2.45, 2.75) is 45.6 Å². The van der Waals surface area contributed by atoms with Gasteiger partial charge in [-0.15, -0.1) is 0 Å². The fraction of sp³-hybridized carbons (Fsp3) is 0.600. The van der Waals surface area contributed by atoms with Crippen molar-refractivity contribution in [3.63, 3.8) is 0 Å². The number of hydrogen-bond donors (Lipinski definition) is 1. The summed E-state index contributed by atoms with van der Waals surface area (Å²) in [6.45, 7) is 4.87. The van der Waals surface area contributed by atoms with E-state index in [0.29, 0.717) is 11.7 Å². The molecule has 0 bridgehead atoms. The Morgan fingerprint density at radius 2 is 2.10 bits per heavy atom. The average Bonchev–Trinajstić information content (AvgIpc) is 2.41. The lowest BCUT2D eigenvalue weighted by molar-refractivity contribution is -0.384. The minimum absolute atomic E-state index is 0.0712. The molecule has 1 aromatic rings. The van der Waals surface area contributed by atoms with Crippen molar-refractivity contribution in [3.05, 3.63) is 28.3 Å². The molecule has 0 heterocycles. The molecule has 1 aliphatic carbocycles. The molecule has 20 heavy (non-hydrogen) atoms. The van der Waals surface area contributed by atoms with Crippen LogP contribution in [0, 0.1) is 16.0 Å². The maximum atomic E-state index is 11.0. The van der Waals surface area contributed by atoms with Gasteiger partial charge < -0.3 is 10.1 Å². The molecule has 2 atom stereocenters. The van der Waals surface area contributed by atoms with Crippen molar-refractivity contribution < 1.29 is 9.66 Å². The molecule has 0 amide bonds. The van der Waals surface area contributed by atoms with Crippen LogP contribution in [0.1, 0.15) is 39.5 Å². The van der Waals surface area contributed by atoms with Gasteiger partial charge in [-0.25, -0.2) is 0 Å². The Bertz CT molecular complexity index is 476. The van der Waals surface area contributed by atoms with E-state index in [-0.39, 0.29) is 16.7 Å². The molecule has 1 N–H and O–H groups in total. The Morgan fingerprint density at radius 3 is 2.75 bits per heavy atom. The van der Waals surface area contributed by atoms with Crippen LogP contribution in [0.3, 0.4) is 0 Å². The van der Waals surface area contributed by atoms with E-state index in [1.807, 2.05) is 13.0 Å². The van der Waals surface area contributed by atoms with E-state index >= 15 is 0 Å². The van der Waals surface area contributed by atoms with Gasteiger partial charge >= 0.3 is 0 Å².